The van der Waals surface area contributed by atoms with Crippen LogP contribution in [-0.2, 0) is 10.0 Å². The van der Waals surface area contributed by atoms with Crippen LogP contribution in [0.4, 0.5) is 0 Å². The minimum Gasteiger partial charge on any atom is -0.228 e. The Kier molecular flexibility index (Phi) is 5.23. The monoisotopic (exact) mass is 516 g/mol. The third-order valence-electron chi connectivity index (χ3n) is 4.17. The molecule has 0 atom stereocenters. The van der Waals surface area contributed by atoms with E-state index in [0.717, 1.165) is 14.5 Å². The highest BCUT2D eigenvalue weighted by Gasteiger charge is 2.23. The van der Waals surface area contributed by atoms with E-state index in [9.17, 15) is 8.42 Å². The van der Waals surface area contributed by atoms with Crippen LogP contribution >= 0.6 is 31.9 Å². The van der Waals surface area contributed by atoms with Crippen molar-refractivity contribution in [3.05, 3.63) is 93.1 Å². The third kappa shape index (κ3) is 3.70. The molecule has 4 nitrogen and oxygen atoms in total. The molecule has 7 heteroatoms. The van der Waals surface area contributed by atoms with Gasteiger partial charge in [0.2, 0.25) is 0 Å². The van der Waals surface area contributed by atoms with E-state index in [1.807, 2.05) is 36.4 Å². The first kappa shape index (κ1) is 19.1. The zero-order chi connectivity index (χ0) is 19.7. The van der Waals surface area contributed by atoms with E-state index in [1.54, 1.807) is 48.5 Å². The fraction of sp³-hybridized carbons (Fsp3) is 0. The Morgan fingerprint density at radius 2 is 1.57 bits per heavy atom. The van der Waals surface area contributed by atoms with Gasteiger partial charge in [-0.3, -0.25) is 0 Å². The second kappa shape index (κ2) is 7.66. The molecule has 0 unspecified atom stereocenters. The predicted molar refractivity (Wildman–Crippen MR) is 120 cm³/mol. The average Bonchev–Trinajstić information content (AvgIpc) is 3.06. The standard InChI is InChI=1S/C21H14Br2N2O2S/c22-16-9-11-18(12-10-16)28(26,27)25-20-7-2-1-6-19(20)24-21(25)13-8-15-4-3-5-17(23)14-15/h1-14H. The molecule has 1 aromatic heterocycles. The van der Waals surface area contributed by atoms with Crippen LogP contribution in [0.3, 0.4) is 0 Å². The van der Waals surface area contributed by atoms with Gasteiger partial charge in [-0.1, -0.05) is 62.2 Å². The molecule has 4 rings (SSSR count). The van der Waals surface area contributed by atoms with E-state index in [4.69, 9.17) is 0 Å². The van der Waals surface area contributed by atoms with Crippen LogP contribution in [0.5, 0.6) is 0 Å². The summed E-state index contributed by atoms with van der Waals surface area (Å²) in [5.41, 5.74) is 2.10. The molecule has 0 amide bonds. The first-order chi connectivity index (χ1) is 13.4. The normalized spacial score (nSPS) is 12.1. The van der Waals surface area contributed by atoms with Crippen molar-refractivity contribution in [1.82, 2.24) is 8.96 Å². The van der Waals surface area contributed by atoms with Crippen LogP contribution in [-0.4, -0.2) is 17.4 Å². The maximum Gasteiger partial charge on any atom is 0.269 e. The molecule has 1 heterocycles. The highest BCUT2D eigenvalue weighted by molar-refractivity contribution is 9.10. The van der Waals surface area contributed by atoms with Gasteiger partial charge in [0, 0.05) is 8.95 Å². The summed E-state index contributed by atoms with van der Waals surface area (Å²) in [5, 5.41) is 0. The molecule has 0 aliphatic heterocycles. The quantitative estimate of drug-likeness (QED) is 0.335. The molecule has 0 radical (unpaired) electrons. The molecular weight excluding hydrogens is 504 g/mol. The van der Waals surface area contributed by atoms with Crippen molar-refractivity contribution in [3.63, 3.8) is 0 Å². The fourth-order valence-electron chi connectivity index (χ4n) is 2.87. The third-order valence-corrected chi connectivity index (χ3v) is 6.92. The van der Waals surface area contributed by atoms with Gasteiger partial charge in [0.05, 0.1) is 15.9 Å². The Morgan fingerprint density at radius 3 is 2.32 bits per heavy atom. The maximum atomic E-state index is 13.4. The lowest BCUT2D eigenvalue weighted by molar-refractivity contribution is 0.588. The Labute approximate surface area is 179 Å². The minimum absolute atomic E-state index is 0.205. The number of halogens is 2. The molecule has 0 N–H and O–H groups in total. The molecule has 0 saturated carbocycles. The van der Waals surface area contributed by atoms with Crippen molar-refractivity contribution < 1.29 is 8.42 Å². The van der Waals surface area contributed by atoms with Crippen LogP contribution in [0, 0.1) is 0 Å². The highest BCUT2D eigenvalue weighted by Crippen LogP contribution is 2.25. The smallest absolute Gasteiger partial charge is 0.228 e. The van der Waals surface area contributed by atoms with Crippen molar-refractivity contribution in [2.24, 2.45) is 0 Å². The van der Waals surface area contributed by atoms with Gasteiger partial charge in [0.1, 0.15) is 5.82 Å². The van der Waals surface area contributed by atoms with E-state index < -0.39 is 10.0 Å². The first-order valence-corrected chi connectivity index (χ1v) is 11.4. The van der Waals surface area contributed by atoms with Gasteiger partial charge in [-0.05, 0) is 60.2 Å². The maximum absolute atomic E-state index is 13.4. The van der Waals surface area contributed by atoms with Gasteiger partial charge in [-0.15, -0.1) is 0 Å². The molecule has 28 heavy (non-hydrogen) atoms. The summed E-state index contributed by atoms with van der Waals surface area (Å²) in [6.07, 6.45) is 3.57. The van der Waals surface area contributed by atoms with Gasteiger partial charge in [0.15, 0.2) is 0 Å². The summed E-state index contributed by atoms with van der Waals surface area (Å²) < 4.78 is 29.8. The van der Waals surface area contributed by atoms with E-state index in [0.29, 0.717) is 16.9 Å². The molecule has 0 saturated heterocycles. The number of fused-ring (bicyclic) bond motifs is 1. The van der Waals surface area contributed by atoms with Gasteiger partial charge >= 0.3 is 0 Å². The van der Waals surface area contributed by atoms with Crippen molar-refractivity contribution in [1.29, 1.82) is 0 Å². The zero-order valence-electron chi connectivity index (χ0n) is 14.5. The molecule has 0 bridgehead atoms. The lowest BCUT2D eigenvalue weighted by Gasteiger charge is -2.09. The van der Waals surface area contributed by atoms with Crippen LogP contribution in [0.1, 0.15) is 11.4 Å². The SMILES string of the molecule is O=S(=O)(c1ccc(Br)cc1)n1c(C=Cc2cccc(Br)c2)nc2ccccc21. The second-order valence-electron chi connectivity index (χ2n) is 6.07. The van der Waals surface area contributed by atoms with Crippen molar-refractivity contribution in [3.8, 4) is 0 Å². The molecule has 0 aliphatic rings. The van der Waals surface area contributed by atoms with Crippen LogP contribution in [0.25, 0.3) is 23.2 Å². The lowest BCUT2D eigenvalue weighted by atomic mass is 10.2. The van der Waals surface area contributed by atoms with Crippen LogP contribution < -0.4 is 0 Å². The summed E-state index contributed by atoms with van der Waals surface area (Å²) in [6, 6.07) is 21.5. The summed E-state index contributed by atoms with van der Waals surface area (Å²) in [7, 11) is -3.81. The molecule has 0 spiro atoms. The second-order valence-corrected chi connectivity index (χ2v) is 9.69. The van der Waals surface area contributed by atoms with Gasteiger partial charge < -0.3 is 0 Å². The van der Waals surface area contributed by atoms with Crippen molar-refractivity contribution in [2.75, 3.05) is 0 Å². The molecule has 3 aromatic carbocycles. The molecule has 140 valence electrons. The summed E-state index contributed by atoms with van der Waals surface area (Å²) in [4.78, 5) is 4.74. The number of benzene rings is 3. The Hall–Kier alpha value is -2.22. The van der Waals surface area contributed by atoms with Gasteiger partial charge in [-0.25, -0.2) is 17.4 Å². The van der Waals surface area contributed by atoms with Crippen molar-refractivity contribution in [2.45, 2.75) is 4.90 Å². The number of hydrogen-bond donors (Lipinski definition) is 0. The molecular formula is C21H14Br2N2O2S. The highest BCUT2D eigenvalue weighted by atomic mass is 79.9. The topological polar surface area (TPSA) is 52.0 Å². The summed E-state index contributed by atoms with van der Waals surface area (Å²) in [6.45, 7) is 0. The number of para-hydroxylation sites is 2. The largest absolute Gasteiger partial charge is 0.269 e. The predicted octanol–water partition coefficient (Wildman–Crippen LogP) is 5.97. The number of hydrogen-bond acceptors (Lipinski definition) is 3. The number of nitrogens with zero attached hydrogens (tertiary/aromatic N) is 2. The Bertz CT molecular complexity index is 1290. The van der Waals surface area contributed by atoms with Crippen LogP contribution in [0.15, 0.2) is 86.6 Å². The number of imidazole rings is 1. The van der Waals surface area contributed by atoms with Gasteiger partial charge in [0.25, 0.3) is 10.0 Å². The molecule has 4 aromatic rings. The fourth-order valence-corrected chi connectivity index (χ4v) is 5.01. The number of aromatic nitrogens is 2. The van der Waals surface area contributed by atoms with E-state index >= 15 is 0 Å². The number of rotatable bonds is 4. The van der Waals surface area contributed by atoms with Gasteiger partial charge in [-0.2, -0.15) is 0 Å². The first-order valence-electron chi connectivity index (χ1n) is 8.37. The average molecular weight is 518 g/mol. The van der Waals surface area contributed by atoms with Crippen molar-refractivity contribution >= 4 is 65.1 Å². The Balaban J connectivity index is 1.89. The zero-order valence-corrected chi connectivity index (χ0v) is 18.4. The van der Waals surface area contributed by atoms with Crippen LogP contribution in [0.2, 0.25) is 0 Å². The molecule has 0 fully saturated rings. The van der Waals surface area contributed by atoms with E-state index in [-0.39, 0.29) is 4.90 Å². The summed E-state index contributed by atoms with van der Waals surface area (Å²) >= 11 is 6.79. The Morgan fingerprint density at radius 1 is 0.821 bits per heavy atom. The summed E-state index contributed by atoms with van der Waals surface area (Å²) in [5.74, 6) is 0.351. The van der Waals surface area contributed by atoms with E-state index in [1.165, 1.54) is 3.97 Å². The molecule has 0 aliphatic carbocycles. The lowest BCUT2D eigenvalue weighted by Crippen LogP contribution is -2.14. The minimum atomic E-state index is -3.81. The van der Waals surface area contributed by atoms with E-state index in [2.05, 4.69) is 36.8 Å².